The number of rotatable bonds is 8. The quantitative estimate of drug-likeness (QED) is 0.406. The average Bonchev–Trinajstić information content (AvgIpc) is 3.38. The summed E-state index contributed by atoms with van der Waals surface area (Å²) in [7, 11) is -4.00. The van der Waals surface area contributed by atoms with Gasteiger partial charge in [-0.1, -0.05) is 12.1 Å². The van der Waals surface area contributed by atoms with E-state index in [1.165, 1.54) is 4.31 Å². The second kappa shape index (κ2) is 10.2. The van der Waals surface area contributed by atoms with E-state index in [1.54, 1.807) is 20.8 Å². The Hall–Kier alpha value is -3.18. The van der Waals surface area contributed by atoms with E-state index >= 15 is 0 Å². The third kappa shape index (κ3) is 5.10. The first-order valence-corrected chi connectivity index (χ1v) is 13.2. The minimum absolute atomic E-state index is 0.0294. The number of aromatic amines is 2. The van der Waals surface area contributed by atoms with E-state index in [2.05, 4.69) is 20.3 Å². The van der Waals surface area contributed by atoms with Crippen LogP contribution in [-0.2, 0) is 26.0 Å². The van der Waals surface area contributed by atoms with E-state index in [4.69, 9.17) is 4.74 Å². The van der Waals surface area contributed by atoms with Gasteiger partial charge in [0.25, 0.3) is 0 Å². The summed E-state index contributed by atoms with van der Waals surface area (Å²) in [6.45, 7) is 5.82. The maximum absolute atomic E-state index is 13.6. The maximum atomic E-state index is 13.6. The number of benzene rings is 1. The van der Waals surface area contributed by atoms with Gasteiger partial charge in [0.05, 0.1) is 23.6 Å². The number of nitrogens with one attached hydrogen (secondary N) is 3. The molecule has 3 N–H and O–H groups in total. The van der Waals surface area contributed by atoms with Crippen LogP contribution < -0.4 is 5.32 Å². The molecule has 1 amide bonds. The minimum atomic E-state index is -4.00. The second-order valence-electron chi connectivity index (χ2n) is 8.74. The highest BCUT2D eigenvalue weighted by atomic mass is 32.2. The number of H-pyrrole nitrogens is 2. The van der Waals surface area contributed by atoms with Crippen molar-refractivity contribution in [3.8, 4) is 0 Å². The van der Waals surface area contributed by atoms with Crippen LogP contribution in [-0.4, -0.2) is 65.8 Å². The summed E-state index contributed by atoms with van der Waals surface area (Å²) in [4.78, 5) is 36.0. The number of amides is 1. The number of hydrogen-bond donors (Lipinski definition) is 3. The van der Waals surface area contributed by atoms with Crippen LogP contribution in [0.4, 0.5) is 0 Å². The highest BCUT2D eigenvalue weighted by molar-refractivity contribution is 7.89. The van der Waals surface area contributed by atoms with Gasteiger partial charge in [-0.05, 0) is 45.7 Å². The molecule has 35 heavy (non-hydrogen) atoms. The number of aryl methyl sites for hydroxylation is 2. The largest absolute Gasteiger partial charge is 0.462 e. The predicted octanol–water partition coefficient (Wildman–Crippen LogP) is 2.44. The third-order valence-corrected chi connectivity index (χ3v) is 8.29. The number of hydrogen-bond acceptors (Lipinski definition) is 6. The lowest BCUT2D eigenvalue weighted by atomic mass is 9.99. The number of nitrogens with zero attached hydrogens (tertiary/aromatic N) is 2. The number of imidazole rings is 1. The topological polar surface area (TPSA) is 137 Å². The van der Waals surface area contributed by atoms with Crippen LogP contribution in [0.3, 0.4) is 0 Å². The molecular weight excluding hydrogens is 470 g/mol. The van der Waals surface area contributed by atoms with Crippen LogP contribution in [0.5, 0.6) is 0 Å². The van der Waals surface area contributed by atoms with Gasteiger partial charge in [-0.25, -0.2) is 18.2 Å². The summed E-state index contributed by atoms with van der Waals surface area (Å²) in [6.07, 6.45) is 1.69. The second-order valence-corrected chi connectivity index (χ2v) is 10.6. The fourth-order valence-corrected chi connectivity index (χ4v) is 6.54. The first kappa shape index (κ1) is 24.9. The Bertz CT molecular complexity index is 1310. The molecule has 1 atom stereocenters. The van der Waals surface area contributed by atoms with Crippen molar-refractivity contribution in [2.45, 2.75) is 44.9 Å². The van der Waals surface area contributed by atoms with E-state index in [1.807, 2.05) is 24.3 Å². The van der Waals surface area contributed by atoms with E-state index in [9.17, 15) is 18.0 Å². The molecule has 1 aliphatic heterocycles. The molecule has 0 saturated carbocycles. The standard InChI is InChI=1S/C24H31N5O5S/c1-4-34-24(31)21-15(2)26-16(3)22(21)35(32,33)29-13-7-8-17(14-29)23(30)25-12-11-20-27-18-9-5-6-10-19(18)28-20/h5-6,9-10,17,26H,4,7-8,11-14H2,1-3H3,(H,25,30)(H,27,28). The first-order chi connectivity index (χ1) is 16.7. The van der Waals surface area contributed by atoms with Crippen LogP contribution in [0.15, 0.2) is 29.2 Å². The van der Waals surface area contributed by atoms with Gasteiger partial charge in [-0.15, -0.1) is 0 Å². The van der Waals surface area contributed by atoms with Crippen molar-refractivity contribution in [3.63, 3.8) is 0 Å². The van der Waals surface area contributed by atoms with Gasteiger partial charge in [0.2, 0.25) is 15.9 Å². The third-order valence-electron chi connectivity index (χ3n) is 6.25. The molecule has 1 aliphatic rings. The fraction of sp³-hybridized carbons (Fsp3) is 0.458. The van der Waals surface area contributed by atoms with Crippen molar-refractivity contribution in [1.82, 2.24) is 24.6 Å². The summed E-state index contributed by atoms with van der Waals surface area (Å²) in [5, 5.41) is 2.92. The SMILES string of the molecule is CCOC(=O)c1c(C)[nH]c(C)c1S(=O)(=O)N1CCCC(C(=O)NCCc2nc3ccccc3[nH]2)C1. The van der Waals surface area contributed by atoms with Crippen LogP contribution in [0.25, 0.3) is 11.0 Å². The zero-order valence-corrected chi connectivity index (χ0v) is 21.0. The van der Waals surface area contributed by atoms with Crippen molar-refractivity contribution in [2.24, 2.45) is 5.92 Å². The van der Waals surface area contributed by atoms with Crippen molar-refractivity contribution in [1.29, 1.82) is 0 Å². The molecule has 1 unspecified atom stereocenters. The summed E-state index contributed by atoms with van der Waals surface area (Å²) in [5.74, 6) is -0.553. The molecule has 3 heterocycles. The zero-order chi connectivity index (χ0) is 25.2. The van der Waals surface area contributed by atoms with Gasteiger partial charge in [0, 0.05) is 37.4 Å². The molecule has 188 valence electrons. The molecule has 0 spiro atoms. The Labute approximate surface area is 204 Å². The Morgan fingerprint density at radius 3 is 2.71 bits per heavy atom. The van der Waals surface area contributed by atoms with Crippen LogP contribution >= 0.6 is 0 Å². The monoisotopic (exact) mass is 501 g/mol. The first-order valence-electron chi connectivity index (χ1n) is 11.8. The molecule has 10 nitrogen and oxygen atoms in total. The van der Waals surface area contributed by atoms with Gasteiger partial charge >= 0.3 is 5.97 Å². The fourth-order valence-electron chi connectivity index (χ4n) is 4.61. The molecule has 1 aromatic carbocycles. The zero-order valence-electron chi connectivity index (χ0n) is 20.2. The molecule has 4 rings (SSSR count). The van der Waals surface area contributed by atoms with E-state index in [0.717, 1.165) is 16.9 Å². The number of esters is 1. The molecule has 0 aliphatic carbocycles. The minimum Gasteiger partial charge on any atom is -0.462 e. The summed E-state index contributed by atoms with van der Waals surface area (Å²) >= 11 is 0. The number of carbonyl (C=O) groups excluding carboxylic acids is 2. The number of para-hydroxylation sites is 2. The lowest BCUT2D eigenvalue weighted by Gasteiger charge is -2.31. The maximum Gasteiger partial charge on any atom is 0.341 e. The normalized spacial score (nSPS) is 16.9. The Morgan fingerprint density at radius 1 is 1.20 bits per heavy atom. The van der Waals surface area contributed by atoms with Crippen LogP contribution in [0.1, 0.15) is 47.3 Å². The Morgan fingerprint density at radius 2 is 1.97 bits per heavy atom. The molecule has 0 radical (unpaired) electrons. The summed E-state index contributed by atoms with van der Waals surface area (Å²) < 4.78 is 33.5. The molecule has 1 fully saturated rings. The molecule has 11 heteroatoms. The Kier molecular flexibility index (Phi) is 7.27. The van der Waals surface area contributed by atoms with Crippen LogP contribution in [0, 0.1) is 19.8 Å². The van der Waals surface area contributed by atoms with Gasteiger partial charge in [-0.3, -0.25) is 4.79 Å². The average molecular weight is 502 g/mol. The predicted molar refractivity (Wildman–Crippen MR) is 131 cm³/mol. The van der Waals surface area contributed by atoms with Crippen LogP contribution in [0.2, 0.25) is 0 Å². The molecular formula is C24H31N5O5S. The smallest absolute Gasteiger partial charge is 0.341 e. The lowest BCUT2D eigenvalue weighted by molar-refractivity contribution is -0.126. The molecule has 1 saturated heterocycles. The number of piperidine rings is 1. The number of ether oxygens (including phenoxy) is 1. The number of sulfonamides is 1. The number of aromatic nitrogens is 3. The lowest BCUT2D eigenvalue weighted by Crippen LogP contribution is -2.46. The highest BCUT2D eigenvalue weighted by Gasteiger charge is 2.38. The summed E-state index contributed by atoms with van der Waals surface area (Å²) in [6, 6.07) is 7.72. The van der Waals surface area contributed by atoms with Crippen molar-refractivity contribution in [2.75, 3.05) is 26.2 Å². The number of fused-ring (bicyclic) bond motifs is 1. The van der Waals surface area contributed by atoms with Crippen molar-refractivity contribution in [3.05, 3.63) is 47.0 Å². The molecule has 2 aromatic heterocycles. The van der Waals surface area contributed by atoms with Gasteiger partial charge in [0.15, 0.2) is 0 Å². The molecule has 3 aromatic rings. The van der Waals surface area contributed by atoms with Gasteiger partial charge in [-0.2, -0.15) is 4.31 Å². The van der Waals surface area contributed by atoms with Crippen molar-refractivity contribution < 1.29 is 22.7 Å². The van der Waals surface area contributed by atoms with E-state index in [-0.39, 0.29) is 36.1 Å². The van der Waals surface area contributed by atoms with E-state index in [0.29, 0.717) is 37.2 Å². The summed E-state index contributed by atoms with van der Waals surface area (Å²) in [5.41, 5.74) is 2.67. The molecule has 0 bridgehead atoms. The number of carbonyl (C=O) groups is 2. The highest BCUT2D eigenvalue weighted by Crippen LogP contribution is 2.30. The van der Waals surface area contributed by atoms with E-state index < -0.39 is 21.9 Å². The van der Waals surface area contributed by atoms with Gasteiger partial charge in [0.1, 0.15) is 16.3 Å². The van der Waals surface area contributed by atoms with Crippen molar-refractivity contribution >= 4 is 32.9 Å². The van der Waals surface area contributed by atoms with Gasteiger partial charge < -0.3 is 20.0 Å². The Balaban J connectivity index is 1.42.